The number of hydrogen-bond acceptors (Lipinski definition) is 6. The monoisotopic (exact) mass is 347 g/mol. The fraction of sp³-hybridized carbons (Fsp3) is 0.500. The van der Waals surface area contributed by atoms with Crippen LogP contribution in [0, 0.1) is 10.1 Å². The number of carbonyl (C=O) groups excluding carboxylic acids is 2. The fourth-order valence-corrected chi connectivity index (χ4v) is 3.47. The summed E-state index contributed by atoms with van der Waals surface area (Å²) in [4.78, 5) is 38.8. The van der Waals surface area contributed by atoms with Gasteiger partial charge in [-0.2, -0.15) is 0 Å². The smallest absolute Gasteiger partial charge is 0.292 e. The third-order valence-corrected chi connectivity index (χ3v) is 4.76. The van der Waals surface area contributed by atoms with E-state index in [1.54, 1.807) is 4.90 Å². The first-order chi connectivity index (χ1) is 12.0. The molecule has 0 bridgehead atoms. The van der Waals surface area contributed by atoms with Gasteiger partial charge in [0.05, 0.1) is 17.0 Å². The first kappa shape index (κ1) is 17.2. The molecular formula is C16H21N5O4. The Balaban J connectivity index is 1.77. The number of hydrogen-bond donors (Lipinski definition) is 2. The van der Waals surface area contributed by atoms with Crippen LogP contribution in [-0.2, 0) is 4.79 Å². The second kappa shape index (κ2) is 7.06. The molecule has 2 aliphatic rings. The largest absolute Gasteiger partial charge is 0.393 e. The molecule has 3 N–H and O–H groups in total. The summed E-state index contributed by atoms with van der Waals surface area (Å²) in [6.45, 7) is 2.67. The van der Waals surface area contributed by atoms with Crippen LogP contribution in [0.25, 0.3) is 0 Å². The molecular weight excluding hydrogens is 326 g/mol. The molecule has 9 nitrogen and oxygen atoms in total. The minimum absolute atomic E-state index is 0.0211. The van der Waals surface area contributed by atoms with Crippen LogP contribution in [0.4, 0.5) is 11.4 Å². The predicted molar refractivity (Wildman–Crippen MR) is 91.0 cm³/mol. The van der Waals surface area contributed by atoms with Crippen LogP contribution in [0.1, 0.15) is 23.2 Å². The number of nitro groups is 1. The number of para-hydroxylation sites is 1. The Hall–Kier alpha value is -2.68. The number of rotatable bonds is 3. The summed E-state index contributed by atoms with van der Waals surface area (Å²) < 4.78 is 0. The Morgan fingerprint density at radius 2 is 2.16 bits per heavy atom. The van der Waals surface area contributed by atoms with E-state index in [2.05, 4.69) is 5.32 Å². The highest BCUT2D eigenvalue weighted by molar-refractivity contribution is 6.01. The van der Waals surface area contributed by atoms with Gasteiger partial charge in [0.15, 0.2) is 0 Å². The van der Waals surface area contributed by atoms with E-state index in [1.165, 1.54) is 18.2 Å². The average molecular weight is 347 g/mol. The number of nitrogen functional groups attached to an aromatic ring is 1. The molecule has 2 saturated heterocycles. The van der Waals surface area contributed by atoms with Crippen LogP contribution in [0.15, 0.2) is 18.2 Å². The Labute approximate surface area is 144 Å². The van der Waals surface area contributed by atoms with Crippen molar-refractivity contribution < 1.29 is 14.5 Å². The van der Waals surface area contributed by atoms with Crippen LogP contribution in [0.2, 0.25) is 0 Å². The third kappa shape index (κ3) is 3.41. The number of likely N-dealkylation sites (tertiary alicyclic amines) is 1. The van der Waals surface area contributed by atoms with Crippen molar-refractivity contribution in [3.8, 4) is 0 Å². The lowest BCUT2D eigenvalue weighted by Crippen LogP contribution is -2.57. The maximum absolute atomic E-state index is 12.8. The molecule has 2 amide bonds. The van der Waals surface area contributed by atoms with Gasteiger partial charge in [-0.3, -0.25) is 19.7 Å². The van der Waals surface area contributed by atoms with Gasteiger partial charge >= 0.3 is 0 Å². The maximum Gasteiger partial charge on any atom is 0.292 e. The van der Waals surface area contributed by atoms with Crippen LogP contribution in [-0.4, -0.2) is 65.3 Å². The molecule has 0 aliphatic carbocycles. The quantitative estimate of drug-likeness (QED) is 0.458. The highest BCUT2D eigenvalue weighted by Crippen LogP contribution is 2.27. The molecule has 9 heteroatoms. The van der Waals surface area contributed by atoms with E-state index in [-0.39, 0.29) is 34.8 Å². The molecule has 0 radical (unpaired) electrons. The SMILES string of the molecule is Nc1c(C(=O)N2CCCC(N3CCNCC3=O)C2)cccc1[N+](=O)[O-]. The van der Waals surface area contributed by atoms with Crippen LogP contribution in [0.3, 0.4) is 0 Å². The number of carbonyl (C=O) groups is 2. The summed E-state index contributed by atoms with van der Waals surface area (Å²) in [6.07, 6.45) is 1.63. The third-order valence-electron chi connectivity index (χ3n) is 4.76. The lowest BCUT2D eigenvalue weighted by molar-refractivity contribution is -0.383. The van der Waals surface area contributed by atoms with Gasteiger partial charge in [0.2, 0.25) is 5.91 Å². The van der Waals surface area contributed by atoms with Crippen LogP contribution < -0.4 is 11.1 Å². The van der Waals surface area contributed by atoms with Gasteiger partial charge in [0.1, 0.15) is 5.69 Å². The Kier molecular flexibility index (Phi) is 4.84. The molecule has 0 saturated carbocycles. The summed E-state index contributed by atoms with van der Waals surface area (Å²) >= 11 is 0. The summed E-state index contributed by atoms with van der Waals surface area (Å²) in [7, 11) is 0. The first-order valence-electron chi connectivity index (χ1n) is 8.31. The first-order valence-corrected chi connectivity index (χ1v) is 8.31. The minimum Gasteiger partial charge on any atom is -0.393 e. The molecule has 1 aromatic carbocycles. The van der Waals surface area contributed by atoms with Crippen molar-refractivity contribution in [3.63, 3.8) is 0 Å². The molecule has 134 valence electrons. The second-order valence-electron chi connectivity index (χ2n) is 6.31. The van der Waals surface area contributed by atoms with Gasteiger partial charge in [-0.25, -0.2) is 0 Å². The van der Waals surface area contributed by atoms with E-state index in [1.807, 2.05) is 4.90 Å². The van der Waals surface area contributed by atoms with E-state index >= 15 is 0 Å². The average Bonchev–Trinajstić information content (AvgIpc) is 2.61. The van der Waals surface area contributed by atoms with Crippen LogP contribution in [0.5, 0.6) is 0 Å². The molecule has 0 aromatic heterocycles. The number of piperazine rings is 1. The molecule has 1 unspecified atom stereocenters. The van der Waals surface area contributed by atoms with E-state index in [4.69, 9.17) is 5.73 Å². The minimum atomic E-state index is -0.593. The summed E-state index contributed by atoms with van der Waals surface area (Å²) in [6, 6.07) is 4.23. The zero-order chi connectivity index (χ0) is 18.0. The normalized spacial score (nSPS) is 21.3. The summed E-state index contributed by atoms with van der Waals surface area (Å²) in [5.74, 6) is -0.283. The number of nitro benzene ring substituents is 1. The lowest BCUT2D eigenvalue weighted by Gasteiger charge is -2.41. The molecule has 2 heterocycles. The van der Waals surface area contributed by atoms with E-state index in [9.17, 15) is 19.7 Å². The second-order valence-corrected chi connectivity index (χ2v) is 6.31. The molecule has 25 heavy (non-hydrogen) atoms. The Bertz CT molecular complexity index is 708. The standard InChI is InChI=1S/C16H21N5O4/c17-15-12(4-1-5-13(15)21(24)25)16(23)19-7-2-3-11(10-19)20-8-6-18-9-14(20)22/h1,4-5,11,18H,2-3,6-10,17H2. The van der Waals surface area contributed by atoms with Crippen molar-refractivity contribution in [1.29, 1.82) is 0 Å². The Morgan fingerprint density at radius 1 is 1.36 bits per heavy atom. The van der Waals surface area contributed by atoms with Gasteiger partial charge in [0.25, 0.3) is 11.6 Å². The van der Waals surface area contributed by atoms with Crippen LogP contribution >= 0.6 is 0 Å². The number of nitrogens with one attached hydrogen (secondary N) is 1. The van der Waals surface area contributed by atoms with Gasteiger partial charge in [-0.05, 0) is 18.9 Å². The van der Waals surface area contributed by atoms with Gasteiger partial charge < -0.3 is 20.9 Å². The van der Waals surface area contributed by atoms with Gasteiger partial charge in [-0.1, -0.05) is 6.07 Å². The van der Waals surface area contributed by atoms with Crippen molar-refractivity contribution in [2.24, 2.45) is 0 Å². The van der Waals surface area contributed by atoms with E-state index in [0.717, 1.165) is 19.4 Å². The fourth-order valence-electron chi connectivity index (χ4n) is 3.47. The van der Waals surface area contributed by atoms with Crippen molar-refractivity contribution in [1.82, 2.24) is 15.1 Å². The number of amides is 2. The molecule has 2 fully saturated rings. The Morgan fingerprint density at radius 3 is 2.88 bits per heavy atom. The predicted octanol–water partition coefficient (Wildman–Crippen LogP) is 0.213. The molecule has 3 rings (SSSR count). The van der Waals surface area contributed by atoms with Crippen molar-refractivity contribution in [2.45, 2.75) is 18.9 Å². The van der Waals surface area contributed by atoms with Crippen molar-refractivity contribution in [3.05, 3.63) is 33.9 Å². The van der Waals surface area contributed by atoms with Gasteiger partial charge in [0, 0.05) is 38.3 Å². The number of nitrogens with two attached hydrogens (primary N) is 1. The topological polar surface area (TPSA) is 122 Å². The number of anilines is 1. The molecule has 1 atom stereocenters. The number of nitrogens with zero attached hydrogens (tertiary/aromatic N) is 3. The molecule has 2 aliphatic heterocycles. The summed E-state index contributed by atoms with van der Waals surface area (Å²) in [5.41, 5.74) is 5.59. The molecule has 1 aromatic rings. The zero-order valence-corrected chi connectivity index (χ0v) is 13.8. The van der Waals surface area contributed by atoms with Gasteiger partial charge in [-0.15, -0.1) is 0 Å². The van der Waals surface area contributed by atoms with Crippen molar-refractivity contribution in [2.75, 3.05) is 38.5 Å². The molecule has 0 spiro atoms. The van der Waals surface area contributed by atoms with E-state index in [0.29, 0.717) is 26.2 Å². The summed E-state index contributed by atoms with van der Waals surface area (Å²) in [5, 5.41) is 14.1. The van der Waals surface area contributed by atoms with E-state index < -0.39 is 4.92 Å². The lowest BCUT2D eigenvalue weighted by atomic mass is 10.0. The maximum atomic E-state index is 12.8. The number of benzene rings is 1. The highest BCUT2D eigenvalue weighted by atomic mass is 16.6. The van der Waals surface area contributed by atoms with Crippen molar-refractivity contribution >= 4 is 23.2 Å². The zero-order valence-electron chi connectivity index (χ0n) is 13.8. The number of piperidine rings is 1. The highest BCUT2D eigenvalue weighted by Gasteiger charge is 2.33.